The van der Waals surface area contributed by atoms with Gasteiger partial charge in [0.15, 0.2) is 4.32 Å². The quantitative estimate of drug-likeness (QED) is 0.381. The van der Waals surface area contributed by atoms with Gasteiger partial charge in [-0.25, -0.2) is 0 Å². The van der Waals surface area contributed by atoms with E-state index in [1.807, 2.05) is 63.4 Å². The monoisotopic (exact) mass is 415 g/mol. The van der Waals surface area contributed by atoms with Crippen LogP contribution < -0.4 is 4.90 Å². The third-order valence-corrected chi connectivity index (χ3v) is 6.40. The first kappa shape index (κ1) is 20.0. The highest BCUT2D eigenvalue weighted by atomic mass is 32.2. The lowest BCUT2D eigenvalue weighted by Gasteiger charge is -2.26. The van der Waals surface area contributed by atoms with E-state index >= 15 is 0 Å². The maximum atomic E-state index is 12.6. The van der Waals surface area contributed by atoms with Gasteiger partial charge >= 0.3 is 0 Å². The van der Waals surface area contributed by atoms with Crippen molar-refractivity contribution in [2.45, 2.75) is 31.1 Å². The Morgan fingerprint density at radius 1 is 1.19 bits per heavy atom. The van der Waals surface area contributed by atoms with Crippen molar-refractivity contribution >= 4 is 51.7 Å². The van der Waals surface area contributed by atoms with E-state index < -0.39 is 0 Å². The molecule has 1 amide bonds. The first-order chi connectivity index (χ1) is 12.6. The fraction of sp³-hybridized carbons (Fsp3) is 0.238. The zero-order valence-corrected chi connectivity index (χ0v) is 18.1. The average Bonchev–Trinajstić information content (AvgIpc) is 2.86. The van der Waals surface area contributed by atoms with Gasteiger partial charge in [0.25, 0.3) is 5.91 Å². The molecular weight excluding hydrogens is 394 g/mol. The molecule has 1 saturated heterocycles. The highest BCUT2D eigenvalue weighted by Crippen LogP contribution is 2.45. The number of phenols is 1. The Hall–Kier alpha value is -1.76. The molecule has 0 saturated carbocycles. The number of benzene rings is 2. The number of rotatable bonds is 3. The van der Waals surface area contributed by atoms with E-state index in [-0.39, 0.29) is 17.1 Å². The molecule has 1 fully saturated rings. The maximum absolute atomic E-state index is 12.6. The zero-order valence-electron chi connectivity index (χ0n) is 15.7. The standard InChI is InChI=1S/C21H21NO2S3/c1-12-19(24)22(20(25)27-12)13-10-15(14-8-6-7-9-17(14)26-5)18(23)16(11-13)21(2,3)4/h6-11,23H,1H2,2-5H3. The molecule has 0 aliphatic carbocycles. The van der Waals surface area contributed by atoms with Crippen molar-refractivity contribution in [2.75, 3.05) is 11.2 Å². The second-order valence-electron chi connectivity index (χ2n) is 7.27. The molecule has 1 aliphatic rings. The summed E-state index contributed by atoms with van der Waals surface area (Å²) in [5.41, 5.74) is 2.74. The summed E-state index contributed by atoms with van der Waals surface area (Å²) >= 11 is 8.22. The minimum atomic E-state index is -0.308. The first-order valence-corrected chi connectivity index (χ1v) is 10.9. The Morgan fingerprint density at radius 3 is 2.41 bits per heavy atom. The van der Waals surface area contributed by atoms with Crippen LogP contribution in [0.4, 0.5) is 5.69 Å². The van der Waals surface area contributed by atoms with Crippen LogP contribution in [0, 0.1) is 0 Å². The fourth-order valence-corrected chi connectivity index (χ4v) is 4.79. The summed E-state index contributed by atoms with van der Waals surface area (Å²) in [6.45, 7) is 9.90. The van der Waals surface area contributed by atoms with Crippen molar-refractivity contribution in [1.29, 1.82) is 0 Å². The molecular formula is C21H21NO2S3. The van der Waals surface area contributed by atoms with E-state index in [4.69, 9.17) is 12.2 Å². The SMILES string of the molecule is C=C1SC(=S)N(c2cc(-c3ccccc3SC)c(O)c(C(C)(C)C)c2)C1=O. The molecule has 2 aromatic carbocycles. The third kappa shape index (κ3) is 3.66. The van der Waals surface area contributed by atoms with Crippen LogP contribution in [-0.4, -0.2) is 21.6 Å². The van der Waals surface area contributed by atoms with Gasteiger partial charge in [0.2, 0.25) is 0 Å². The minimum absolute atomic E-state index is 0.209. The third-order valence-electron chi connectivity index (χ3n) is 4.39. The molecule has 0 atom stereocenters. The number of hydrogen-bond acceptors (Lipinski definition) is 5. The van der Waals surface area contributed by atoms with Crippen molar-refractivity contribution in [1.82, 2.24) is 0 Å². The molecule has 27 heavy (non-hydrogen) atoms. The lowest BCUT2D eigenvalue weighted by molar-refractivity contribution is -0.113. The summed E-state index contributed by atoms with van der Waals surface area (Å²) in [6.07, 6.45) is 2.00. The van der Waals surface area contributed by atoms with Gasteiger partial charge in [0.1, 0.15) is 5.75 Å². The molecule has 0 radical (unpaired) electrons. The molecule has 0 bridgehead atoms. The highest BCUT2D eigenvalue weighted by Gasteiger charge is 2.34. The molecule has 0 aromatic heterocycles. The molecule has 0 unspecified atom stereocenters. The van der Waals surface area contributed by atoms with Crippen molar-refractivity contribution in [2.24, 2.45) is 0 Å². The number of hydrogen-bond donors (Lipinski definition) is 1. The van der Waals surface area contributed by atoms with Crippen molar-refractivity contribution < 1.29 is 9.90 Å². The summed E-state index contributed by atoms with van der Waals surface area (Å²) in [7, 11) is 0. The van der Waals surface area contributed by atoms with Gasteiger partial charge < -0.3 is 5.11 Å². The van der Waals surface area contributed by atoms with E-state index in [2.05, 4.69) is 6.58 Å². The predicted molar refractivity (Wildman–Crippen MR) is 121 cm³/mol. The number of anilines is 1. The smallest absolute Gasteiger partial charge is 0.270 e. The largest absolute Gasteiger partial charge is 0.507 e. The number of nitrogens with zero attached hydrogens (tertiary/aromatic N) is 1. The van der Waals surface area contributed by atoms with E-state index in [0.29, 0.717) is 20.5 Å². The first-order valence-electron chi connectivity index (χ1n) is 8.41. The Bertz CT molecular complexity index is 960. The summed E-state index contributed by atoms with van der Waals surface area (Å²) in [4.78, 5) is 15.6. The molecule has 3 nitrogen and oxygen atoms in total. The van der Waals surface area contributed by atoms with Gasteiger partial charge in [-0.3, -0.25) is 9.69 Å². The predicted octanol–water partition coefficient (Wildman–Crippen LogP) is 5.96. The number of thiocarbonyl (C=S) groups is 1. The summed E-state index contributed by atoms with van der Waals surface area (Å²) in [5.74, 6) is 0.0245. The Morgan fingerprint density at radius 2 is 1.85 bits per heavy atom. The molecule has 1 aliphatic heterocycles. The van der Waals surface area contributed by atoms with Crippen LogP contribution in [0.15, 0.2) is 52.8 Å². The van der Waals surface area contributed by atoms with Crippen LogP contribution in [0.2, 0.25) is 0 Å². The zero-order chi connectivity index (χ0) is 19.9. The number of carbonyl (C=O) groups excluding carboxylic acids is 1. The number of phenolic OH excluding ortho intramolecular Hbond substituents is 1. The summed E-state index contributed by atoms with van der Waals surface area (Å²) in [6, 6.07) is 11.6. The number of amides is 1. The Balaban J connectivity index is 2.30. The van der Waals surface area contributed by atoms with E-state index in [9.17, 15) is 9.90 Å². The topological polar surface area (TPSA) is 40.5 Å². The molecule has 2 aromatic rings. The normalized spacial score (nSPS) is 15.0. The number of thioether (sulfide) groups is 2. The van der Waals surface area contributed by atoms with Gasteiger partial charge in [-0.2, -0.15) is 0 Å². The molecule has 140 valence electrons. The van der Waals surface area contributed by atoms with Crippen LogP contribution in [-0.2, 0) is 10.2 Å². The van der Waals surface area contributed by atoms with Crippen LogP contribution in [0.3, 0.4) is 0 Å². The van der Waals surface area contributed by atoms with Gasteiger partial charge in [-0.15, -0.1) is 11.8 Å². The lowest BCUT2D eigenvalue weighted by Crippen LogP contribution is -2.28. The van der Waals surface area contributed by atoms with E-state index in [1.54, 1.807) is 11.8 Å². The Labute approximate surface area is 173 Å². The van der Waals surface area contributed by atoms with Crippen molar-refractivity contribution in [3.05, 3.63) is 53.4 Å². The summed E-state index contributed by atoms with van der Waals surface area (Å²) < 4.78 is 0.458. The average molecular weight is 416 g/mol. The van der Waals surface area contributed by atoms with Crippen LogP contribution in [0.5, 0.6) is 5.75 Å². The van der Waals surface area contributed by atoms with E-state index in [1.165, 1.54) is 16.7 Å². The van der Waals surface area contributed by atoms with Crippen LogP contribution >= 0.6 is 35.7 Å². The lowest BCUT2D eigenvalue weighted by atomic mass is 9.83. The van der Waals surface area contributed by atoms with Gasteiger partial charge in [0.05, 0.1) is 10.6 Å². The molecule has 6 heteroatoms. The van der Waals surface area contributed by atoms with Crippen molar-refractivity contribution in [3.8, 4) is 16.9 Å². The number of carbonyl (C=O) groups is 1. The van der Waals surface area contributed by atoms with Crippen LogP contribution in [0.25, 0.3) is 11.1 Å². The van der Waals surface area contributed by atoms with Gasteiger partial charge in [-0.05, 0) is 35.4 Å². The molecule has 1 N–H and O–H groups in total. The second kappa shape index (κ2) is 7.34. The van der Waals surface area contributed by atoms with E-state index in [0.717, 1.165) is 16.0 Å². The number of aromatic hydroxyl groups is 1. The maximum Gasteiger partial charge on any atom is 0.270 e. The molecule has 1 heterocycles. The fourth-order valence-electron chi connectivity index (χ4n) is 3.02. The Kier molecular flexibility index (Phi) is 5.43. The van der Waals surface area contributed by atoms with Gasteiger partial charge in [0, 0.05) is 16.0 Å². The second-order valence-corrected chi connectivity index (χ2v) is 9.85. The molecule has 3 rings (SSSR count). The minimum Gasteiger partial charge on any atom is -0.507 e. The van der Waals surface area contributed by atoms with Crippen LogP contribution in [0.1, 0.15) is 26.3 Å². The van der Waals surface area contributed by atoms with Gasteiger partial charge in [-0.1, -0.05) is 69.5 Å². The highest BCUT2D eigenvalue weighted by molar-refractivity contribution is 8.27. The summed E-state index contributed by atoms with van der Waals surface area (Å²) in [5, 5.41) is 11.1. The van der Waals surface area contributed by atoms with Crippen molar-refractivity contribution in [3.63, 3.8) is 0 Å². The molecule has 0 spiro atoms.